The van der Waals surface area contributed by atoms with E-state index >= 15 is 0 Å². The second-order valence-corrected chi connectivity index (χ2v) is 16.8. The lowest BCUT2D eigenvalue weighted by Crippen LogP contribution is -2.23. The molecule has 0 spiro atoms. The number of para-hydroxylation sites is 4. The molecule has 0 bridgehead atoms. The largest absolute Gasteiger partial charge is 0.309 e. The van der Waals surface area contributed by atoms with Gasteiger partial charge >= 0.3 is 0 Å². The Balaban J connectivity index is 0.838. The molecule has 302 valence electrons. The van der Waals surface area contributed by atoms with Crippen LogP contribution in [0.1, 0.15) is 82.3 Å². The summed E-state index contributed by atoms with van der Waals surface area (Å²) in [4.78, 5) is 4.75. The Morgan fingerprint density at radius 1 is 0.349 bits per heavy atom. The smallest absolute Gasteiger partial charge is 0.0534 e. The molecule has 8 aromatic carbocycles. The van der Waals surface area contributed by atoms with Gasteiger partial charge in [-0.1, -0.05) is 196 Å². The summed E-state index contributed by atoms with van der Waals surface area (Å²) in [5, 5.41) is 0. The molecule has 2 aliphatic heterocycles. The Morgan fingerprint density at radius 3 is 0.984 bits per heavy atom. The summed E-state index contributed by atoms with van der Waals surface area (Å²) in [5.74, 6) is 0. The first-order chi connectivity index (χ1) is 31.1. The maximum Gasteiger partial charge on any atom is 0.0534 e. The monoisotopic (exact) mass is 808 g/mol. The van der Waals surface area contributed by atoms with Gasteiger partial charge in [0, 0.05) is 16.8 Å². The van der Waals surface area contributed by atoms with Gasteiger partial charge in [-0.05, 0) is 128 Å². The predicted octanol–water partition coefficient (Wildman–Crippen LogP) is 17.0. The molecular formula is C61H48N2. The molecule has 0 fully saturated rings. The number of benzene rings is 8. The minimum atomic E-state index is -0.0368. The Kier molecular flexibility index (Phi) is 9.70. The average Bonchev–Trinajstić information content (AvgIpc) is 3.42. The summed E-state index contributed by atoms with van der Waals surface area (Å²) in [6, 6.07) is 66.5. The van der Waals surface area contributed by atoms with E-state index in [1.54, 1.807) is 0 Å². The molecule has 1 aliphatic carbocycles. The highest BCUT2D eigenvalue weighted by Crippen LogP contribution is 2.53. The molecule has 0 saturated carbocycles. The minimum absolute atomic E-state index is 0.0368. The lowest BCUT2D eigenvalue weighted by atomic mass is 9.73. The first-order valence-corrected chi connectivity index (χ1v) is 22.3. The lowest BCUT2D eigenvalue weighted by molar-refractivity contribution is 0.490. The topological polar surface area (TPSA) is 6.48 Å². The number of hydrogen-bond donors (Lipinski definition) is 0. The van der Waals surface area contributed by atoms with Crippen molar-refractivity contribution in [2.45, 2.75) is 32.1 Å². The molecule has 11 rings (SSSR count). The molecule has 0 saturated heterocycles. The van der Waals surface area contributed by atoms with Crippen molar-refractivity contribution in [1.82, 2.24) is 0 Å². The molecular weight excluding hydrogens is 761 g/mol. The standard InChI is InChI=1S/C61H48N2/c1-3-61(4-2)55-41-45(23-21-43-25-35-51(36-26-43)62-57-17-9-5-13-47(57)31-32-48-14-6-10-18-58(48)62)29-39-53(55)54-40-30-46(42-56(54)61)24-22-44-27-37-52(38-28-44)63-59-19-11-7-15-49(59)33-34-50-16-8-12-20-60(50)63/h5-42H,3-4H2,1-2H3/b23-21+,24-22+. The fourth-order valence-corrected chi connectivity index (χ4v) is 10.1. The third-order valence-electron chi connectivity index (χ3n) is 13.5. The molecule has 2 nitrogen and oxygen atoms in total. The maximum atomic E-state index is 2.44. The first kappa shape index (κ1) is 38.3. The van der Waals surface area contributed by atoms with Gasteiger partial charge in [0.2, 0.25) is 0 Å². The van der Waals surface area contributed by atoms with E-state index in [2.05, 4.69) is 254 Å². The molecule has 0 atom stereocenters. The minimum Gasteiger partial charge on any atom is -0.309 e. The SMILES string of the molecule is CCC1(CC)c2cc(/C=C/c3ccc(N4c5ccccc5C=Cc5ccccc54)cc3)ccc2-c2ccc(/C=C/c3ccc(N4c5ccccc5C=Cc5ccccc54)cc3)cc21. The van der Waals surface area contributed by atoms with Crippen LogP contribution >= 0.6 is 0 Å². The normalized spacial score (nSPS) is 14.1. The highest BCUT2D eigenvalue weighted by atomic mass is 15.2. The van der Waals surface area contributed by atoms with E-state index in [4.69, 9.17) is 0 Å². The van der Waals surface area contributed by atoms with Crippen molar-refractivity contribution in [1.29, 1.82) is 0 Å². The van der Waals surface area contributed by atoms with Crippen LogP contribution in [0.4, 0.5) is 34.1 Å². The summed E-state index contributed by atoms with van der Waals surface area (Å²) in [5.41, 5.74) is 22.2. The number of nitrogens with zero attached hydrogens (tertiary/aromatic N) is 2. The van der Waals surface area contributed by atoms with Crippen LogP contribution in [-0.4, -0.2) is 0 Å². The fraction of sp³-hybridized carbons (Fsp3) is 0.0820. The van der Waals surface area contributed by atoms with Crippen molar-refractivity contribution < 1.29 is 0 Å². The van der Waals surface area contributed by atoms with Gasteiger partial charge in [0.25, 0.3) is 0 Å². The molecule has 0 N–H and O–H groups in total. The molecule has 0 aromatic heterocycles. The Morgan fingerprint density at radius 2 is 0.651 bits per heavy atom. The van der Waals surface area contributed by atoms with Gasteiger partial charge in [0.15, 0.2) is 0 Å². The molecule has 0 amide bonds. The van der Waals surface area contributed by atoms with Gasteiger partial charge in [-0.15, -0.1) is 0 Å². The summed E-state index contributed by atoms with van der Waals surface area (Å²) in [6.45, 7) is 4.70. The fourth-order valence-electron chi connectivity index (χ4n) is 10.1. The van der Waals surface area contributed by atoms with E-state index in [0.29, 0.717) is 0 Å². The zero-order valence-electron chi connectivity index (χ0n) is 35.7. The van der Waals surface area contributed by atoms with Gasteiger partial charge < -0.3 is 9.80 Å². The molecule has 8 aromatic rings. The van der Waals surface area contributed by atoms with Crippen LogP contribution in [0.25, 0.3) is 59.7 Å². The van der Waals surface area contributed by atoms with Crippen LogP contribution in [0.3, 0.4) is 0 Å². The molecule has 2 heteroatoms. The van der Waals surface area contributed by atoms with E-state index < -0.39 is 0 Å². The highest BCUT2D eigenvalue weighted by Gasteiger charge is 2.40. The zero-order chi connectivity index (χ0) is 42.3. The van der Waals surface area contributed by atoms with Crippen LogP contribution in [0.15, 0.2) is 182 Å². The van der Waals surface area contributed by atoms with Crippen molar-refractivity contribution in [3.05, 3.63) is 238 Å². The van der Waals surface area contributed by atoms with Crippen LogP contribution < -0.4 is 9.80 Å². The zero-order valence-corrected chi connectivity index (χ0v) is 35.7. The Hall–Kier alpha value is -7.68. The third kappa shape index (κ3) is 6.76. The quantitative estimate of drug-likeness (QED) is 0.141. The third-order valence-corrected chi connectivity index (χ3v) is 13.5. The second kappa shape index (κ2) is 16.0. The van der Waals surface area contributed by atoms with Gasteiger partial charge in [-0.2, -0.15) is 0 Å². The van der Waals surface area contributed by atoms with Crippen LogP contribution in [0.5, 0.6) is 0 Å². The van der Waals surface area contributed by atoms with Crippen LogP contribution in [-0.2, 0) is 5.41 Å². The number of fused-ring (bicyclic) bond motifs is 7. The molecule has 63 heavy (non-hydrogen) atoms. The summed E-state index contributed by atoms with van der Waals surface area (Å²) >= 11 is 0. The van der Waals surface area contributed by atoms with Crippen molar-refractivity contribution in [3.8, 4) is 11.1 Å². The van der Waals surface area contributed by atoms with Crippen molar-refractivity contribution in [3.63, 3.8) is 0 Å². The Labute approximate surface area is 371 Å². The summed E-state index contributed by atoms with van der Waals surface area (Å²) in [6.07, 6.45) is 20.0. The molecule has 3 aliphatic rings. The highest BCUT2D eigenvalue weighted by molar-refractivity contribution is 5.95. The average molecular weight is 809 g/mol. The van der Waals surface area contributed by atoms with E-state index in [9.17, 15) is 0 Å². The first-order valence-electron chi connectivity index (χ1n) is 22.3. The van der Waals surface area contributed by atoms with E-state index in [1.165, 1.54) is 89.5 Å². The van der Waals surface area contributed by atoms with Crippen molar-refractivity contribution in [2.24, 2.45) is 0 Å². The van der Waals surface area contributed by atoms with Crippen LogP contribution in [0.2, 0.25) is 0 Å². The summed E-state index contributed by atoms with van der Waals surface area (Å²) < 4.78 is 0. The second-order valence-electron chi connectivity index (χ2n) is 16.8. The molecule has 0 radical (unpaired) electrons. The van der Waals surface area contributed by atoms with E-state index in [0.717, 1.165) is 24.2 Å². The van der Waals surface area contributed by atoms with Gasteiger partial charge in [-0.25, -0.2) is 0 Å². The molecule has 0 unspecified atom stereocenters. The van der Waals surface area contributed by atoms with Gasteiger partial charge in [0.05, 0.1) is 22.7 Å². The lowest BCUT2D eigenvalue weighted by Gasteiger charge is -2.30. The van der Waals surface area contributed by atoms with Crippen LogP contribution in [0, 0.1) is 0 Å². The van der Waals surface area contributed by atoms with E-state index in [-0.39, 0.29) is 5.41 Å². The Bertz CT molecular complexity index is 2830. The summed E-state index contributed by atoms with van der Waals surface area (Å²) in [7, 11) is 0. The maximum absolute atomic E-state index is 2.44. The van der Waals surface area contributed by atoms with Crippen molar-refractivity contribution in [2.75, 3.05) is 9.80 Å². The van der Waals surface area contributed by atoms with Gasteiger partial charge in [0.1, 0.15) is 0 Å². The van der Waals surface area contributed by atoms with E-state index in [1.807, 2.05) is 0 Å². The number of rotatable bonds is 8. The number of hydrogen-bond acceptors (Lipinski definition) is 2. The predicted molar refractivity (Wildman–Crippen MR) is 271 cm³/mol. The molecule has 2 heterocycles. The van der Waals surface area contributed by atoms with Gasteiger partial charge in [-0.3, -0.25) is 0 Å². The number of anilines is 6. The van der Waals surface area contributed by atoms with Crippen molar-refractivity contribution >= 4 is 82.7 Å².